The number of piperazine rings is 1. The first kappa shape index (κ1) is 34.6. The van der Waals surface area contributed by atoms with Crippen LogP contribution in [0.5, 0.6) is 11.5 Å². The Morgan fingerprint density at radius 3 is 2.34 bits per heavy atom. The predicted octanol–water partition coefficient (Wildman–Crippen LogP) is 8.09. The molecule has 0 spiro atoms. The van der Waals surface area contributed by atoms with E-state index in [4.69, 9.17) is 19.2 Å². The van der Waals surface area contributed by atoms with Crippen molar-refractivity contribution in [3.8, 4) is 22.1 Å². The van der Waals surface area contributed by atoms with E-state index >= 15 is 0 Å². The topological polar surface area (TPSA) is 64.1 Å². The van der Waals surface area contributed by atoms with Crippen LogP contribution in [-0.4, -0.2) is 61.9 Å². The summed E-state index contributed by atoms with van der Waals surface area (Å²) < 4.78 is 55.8. The van der Waals surface area contributed by atoms with E-state index in [1.807, 2.05) is 37.3 Å². The first-order valence-corrected chi connectivity index (χ1v) is 17.2. The number of halogens is 3. The molecule has 1 fully saturated rings. The summed E-state index contributed by atoms with van der Waals surface area (Å²) in [6.07, 6.45) is -5.11. The lowest BCUT2D eigenvalue weighted by Gasteiger charge is -2.36. The van der Waals surface area contributed by atoms with Crippen LogP contribution >= 0.6 is 23.1 Å². The summed E-state index contributed by atoms with van der Waals surface area (Å²) in [5.74, 6) is 1.69. The molecule has 0 radical (unpaired) electrons. The molecule has 1 unspecified atom stereocenters. The number of aryl methyl sites for hydroxylation is 1. The number of aromatic nitrogens is 1. The molecule has 0 aliphatic carbocycles. The molecule has 0 N–H and O–H groups in total. The van der Waals surface area contributed by atoms with Crippen LogP contribution in [0.1, 0.15) is 35.5 Å². The molecule has 1 aliphatic heterocycles. The zero-order valence-electron chi connectivity index (χ0n) is 26.8. The minimum absolute atomic E-state index is 0.293. The number of esters is 1. The van der Waals surface area contributed by atoms with E-state index < -0.39 is 23.8 Å². The van der Waals surface area contributed by atoms with E-state index in [-0.39, 0.29) is 0 Å². The Balaban J connectivity index is 1.30. The number of alkyl halides is 3. The third-order valence-electron chi connectivity index (χ3n) is 7.86. The van der Waals surface area contributed by atoms with Crippen molar-refractivity contribution in [1.29, 1.82) is 0 Å². The van der Waals surface area contributed by atoms with Gasteiger partial charge in [0, 0.05) is 59.5 Å². The SMILES string of the molecule is CCOC(=O)C(C)Oc1ccc(SCc2sc(-c3ccc(C(F)(F)F)cc3)nc2CN2CCN(c3ccc(OC)cc3)CC2)cc1C. The van der Waals surface area contributed by atoms with Crippen LogP contribution in [0.4, 0.5) is 18.9 Å². The molecule has 1 aliphatic rings. The number of anilines is 1. The summed E-state index contributed by atoms with van der Waals surface area (Å²) in [7, 11) is 1.66. The Labute approximate surface area is 281 Å². The van der Waals surface area contributed by atoms with E-state index in [1.165, 1.54) is 23.5 Å². The van der Waals surface area contributed by atoms with Gasteiger partial charge < -0.3 is 19.1 Å². The second kappa shape index (κ2) is 15.4. The number of carbonyl (C=O) groups excluding carboxylic acids is 1. The number of ether oxygens (including phenoxy) is 3. The molecule has 5 rings (SSSR count). The maximum absolute atomic E-state index is 13.2. The fourth-order valence-electron chi connectivity index (χ4n) is 5.20. The molecule has 3 aromatic carbocycles. The van der Waals surface area contributed by atoms with Crippen molar-refractivity contribution in [1.82, 2.24) is 9.88 Å². The van der Waals surface area contributed by atoms with Crippen LogP contribution in [0, 0.1) is 6.92 Å². The van der Waals surface area contributed by atoms with E-state index in [0.717, 1.165) is 70.8 Å². The van der Waals surface area contributed by atoms with Gasteiger partial charge in [-0.3, -0.25) is 4.90 Å². The van der Waals surface area contributed by atoms with Gasteiger partial charge >= 0.3 is 12.1 Å². The molecule has 0 bridgehead atoms. The van der Waals surface area contributed by atoms with Gasteiger partial charge in [-0.15, -0.1) is 23.1 Å². The van der Waals surface area contributed by atoms with Crippen molar-refractivity contribution in [2.75, 3.05) is 44.8 Å². The third-order valence-corrected chi connectivity index (χ3v) is 10.2. The average Bonchev–Trinajstić information content (AvgIpc) is 3.47. The monoisotopic (exact) mass is 685 g/mol. The lowest BCUT2D eigenvalue weighted by Crippen LogP contribution is -2.46. The molecular formula is C35H38F3N3O4S2. The largest absolute Gasteiger partial charge is 0.497 e. The fraction of sp³-hybridized carbons (Fsp3) is 0.371. The smallest absolute Gasteiger partial charge is 0.416 e. The Morgan fingerprint density at radius 1 is 1.02 bits per heavy atom. The van der Waals surface area contributed by atoms with Crippen LogP contribution in [0.25, 0.3) is 10.6 Å². The summed E-state index contributed by atoms with van der Waals surface area (Å²) >= 11 is 3.18. The second-order valence-electron chi connectivity index (χ2n) is 11.2. The van der Waals surface area contributed by atoms with Crippen molar-refractivity contribution < 1.29 is 32.2 Å². The Hall–Kier alpha value is -3.74. The third kappa shape index (κ3) is 9.00. The molecule has 12 heteroatoms. The van der Waals surface area contributed by atoms with Crippen LogP contribution in [0.3, 0.4) is 0 Å². The first-order chi connectivity index (χ1) is 22.5. The van der Waals surface area contributed by atoms with Crippen LogP contribution < -0.4 is 14.4 Å². The van der Waals surface area contributed by atoms with Crippen LogP contribution in [-0.2, 0) is 28.0 Å². The number of benzene rings is 3. The molecule has 1 aromatic heterocycles. The molecule has 2 heterocycles. The van der Waals surface area contributed by atoms with Gasteiger partial charge in [0.2, 0.25) is 0 Å². The van der Waals surface area contributed by atoms with Crippen LogP contribution in [0.2, 0.25) is 0 Å². The lowest BCUT2D eigenvalue weighted by molar-refractivity contribution is -0.150. The van der Waals surface area contributed by atoms with Gasteiger partial charge in [-0.1, -0.05) is 12.1 Å². The number of thiazole rings is 1. The van der Waals surface area contributed by atoms with Gasteiger partial charge in [-0.05, 0) is 80.9 Å². The zero-order chi connectivity index (χ0) is 33.6. The summed E-state index contributed by atoms with van der Waals surface area (Å²) in [5.41, 5.74) is 2.98. The van der Waals surface area contributed by atoms with Gasteiger partial charge in [-0.25, -0.2) is 9.78 Å². The zero-order valence-corrected chi connectivity index (χ0v) is 28.4. The summed E-state index contributed by atoms with van der Waals surface area (Å²) in [6.45, 7) is 9.76. The lowest BCUT2D eigenvalue weighted by atomic mass is 10.1. The summed E-state index contributed by atoms with van der Waals surface area (Å²) in [4.78, 5) is 23.8. The van der Waals surface area contributed by atoms with Crippen molar-refractivity contribution >= 4 is 34.8 Å². The molecule has 0 saturated carbocycles. The van der Waals surface area contributed by atoms with Crippen molar-refractivity contribution in [2.45, 2.75) is 50.2 Å². The van der Waals surface area contributed by atoms with E-state index in [9.17, 15) is 18.0 Å². The maximum Gasteiger partial charge on any atom is 0.416 e. The number of rotatable bonds is 12. The summed E-state index contributed by atoms with van der Waals surface area (Å²) in [6, 6.07) is 19.1. The molecule has 7 nitrogen and oxygen atoms in total. The highest BCUT2D eigenvalue weighted by atomic mass is 32.2. The van der Waals surface area contributed by atoms with Gasteiger partial charge in [0.15, 0.2) is 6.10 Å². The van der Waals surface area contributed by atoms with Crippen molar-refractivity contribution in [3.05, 3.63) is 88.4 Å². The van der Waals surface area contributed by atoms with Gasteiger partial charge in [0.05, 0.1) is 25.0 Å². The first-order valence-electron chi connectivity index (χ1n) is 15.4. The normalized spacial score (nSPS) is 14.6. The molecule has 0 amide bonds. The molecular weight excluding hydrogens is 648 g/mol. The predicted molar refractivity (Wildman–Crippen MR) is 180 cm³/mol. The van der Waals surface area contributed by atoms with Crippen molar-refractivity contribution in [2.24, 2.45) is 0 Å². The highest BCUT2D eigenvalue weighted by molar-refractivity contribution is 7.98. The minimum Gasteiger partial charge on any atom is -0.497 e. The number of hydrogen-bond donors (Lipinski definition) is 0. The number of hydrogen-bond acceptors (Lipinski definition) is 9. The quantitative estimate of drug-likeness (QED) is 0.110. The summed E-state index contributed by atoms with van der Waals surface area (Å²) in [5, 5.41) is 0.703. The van der Waals surface area contributed by atoms with E-state index in [2.05, 4.69) is 21.9 Å². The molecule has 47 heavy (non-hydrogen) atoms. The van der Waals surface area contributed by atoms with Gasteiger partial charge in [-0.2, -0.15) is 13.2 Å². The molecule has 250 valence electrons. The van der Waals surface area contributed by atoms with Crippen LogP contribution in [0.15, 0.2) is 71.6 Å². The average molecular weight is 686 g/mol. The Morgan fingerprint density at radius 2 is 1.72 bits per heavy atom. The van der Waals surface area contributed by atoms with Gasteiger partial charge in [0.1, 0.15) is 16.5 Å². The number of thioether (sulfide) groups is 1. The molecule has 1 atom stereocenters. The highest BCUT2D eigenvalue weighted by Gasteiger charge is 2.30. The molecule has 4 aromatic rings. The number of methoxy groups -OCH3 is 1. The van der Waals surface area contributed by atoms with Gasteiger partial charge in [0.25, 0.3) is 0 Å². The standard InChI is InChI=1S/C35H38F3N3O4S2/c1-5-44-34(42)24(3)45-31-15-14-29(20-23(31)2)46-22-32-30(39-33(47-32)25-6-8-26(9-7-25)35(36,37)38)21-40-16-18-41(19-17-40)27-10-12-28(43-4)13-11-27/h6-15,20,24H,5,16-19,21-22H2,1-4H3. The molecule has 1 saturated heterocycles. The number of nitrogens with zero attached hydrogens (tertiary/aromatic N) is 3. The maximum atomic E-state index is 13.2. The van der Waals surface area contributed by atoms with E-state index in [0.29, 0.717) is 35.2 Å². The second-order valence-corrected chi connectivity index (χ2v) is 13.3. The number of carbonyl (C=O) groups is 1. The minimum atomic E-state index is -4.39. The Kier molecular flexibility index (Phi) is 11.4. The van der Waals surface area contributed by atoms with Crippen molar-refractivity contribution in [3.63, 3.8) is 0 Å². The highest BCUT2D eigenvalue weighted by Crippen LogP contribution is 2.37. The van der Waals surface area contributed by atoms with E-state index in [1.54, 1.807) is 32.7 Å². The Bertz CT molecular complexity index is 1640. The fourth-order valence-corrected chi connectivity index (χ4v) is 7.38.